The van der Waals surface area contributed by atoms with E-state index >= 15 is 0 Å². The van der Waals surface area contributed by atoms with Gasteiger partial charge in [-0.25, -0.2) is 0 Å². The van der Waals surface area contributed by atoms with Gasteiger partial charge in [0.2, 0.25) is 0 Å². The molecule has 0 saturated carbocycles. The summed E-state index contributed by atoms with van der Waals surface area (Å²) in [4.78, 5) is 35.8. The quantitative estimate of drug-likeness (QED) is 0.363. The van der Waals surface area contributed by atoms with Gasteiger partial charge in [0.1, 0.15) is 14.9 Å². The molecule has 0 radical (unpaired) electrons. The van der Waals surface area contributed by atoms with E-state index in [0.717, 1.165) is 0 Å². The Labute approximate surface area is 94.2 Å². The molecule has 0 aliphatic rings. The van der Waals surface area contributed by atoms with Crippen molar-refractivity contribution in [2.75, 3.05) is 0 Å². The van der Waals surface area contributed by atoms with Crippen molar-refractivity contribution in [3.05, 3.63) is 40.5 Å². The predicted molar refractivity (Wildman–Crippen MR) is 46.4 cm³/mol. The molecule has 0 bridgehead atoms. The number of nitro groups is 4. The molecule has 0 aliphatic heterocycles. The van der Waals surface area contributed by atoms with Gasteiger partial charge in [-0.15, -0.1) is 0 Å². The highest BCUT2D eigenvalue weighted by Crippen LogP contribution is 2.26. The first-order valence-corrected chi connectivity index (χ1v) is 3.78. The van der Waals surface area contributed by atoms with Crippen LogP contribution in [0.1, 0.15) is 6.29 Å². The van der Waals surface area contributed by atoms with Crippen molar-refractivity contribution in [1.29, 1.82) is 0 Å². The number of nitrogens with zero attached hydrogens (tertiary/aromatic N) is 7. The molecule has 0 aromatic carbocycles. The Hall–Kier alpha value is -3.26. The fourth-order valence-corrected chi connectivity index (χ4v) is 0.975. The van der Waals surface area contributed by atoms with Crippen molar-refractivity contribution in [2.24, 2.45) is 0 Å². The molecule has 0 fully saturated rings. The molecule has 1 heterocycles. The molecule has 15 heteroatoms. The summed E-state index contributed by atoms with van der Waals surface area (Å²) in [5.41, 5.74) is 0. The highest BCUT2D eigenvalue weighted by atomic mass is 16.7. The molecule has 1 rings (SSSR count). The van der Waals surface area contributed by atoms with Gasteiger partial charge in [-0.05, 0) is 9.85 Å². The van der Waals surface area contributed by atoms with Gasteiger partial charge >= 0.3 is 17.9 Å². The molecular formula is C3HN7O8. The fourth-order valence-electron chi connectivity index (χ4n) is 0.975. The zero-order valence-corrected chi connectivity index (χ0v) is 7.97. The summed E-state index contributed by atoms with van der Waals surface area (Å²) in [6.07, 6.45) is -2.87. The Kier molecular flexibility index (Phi) is 3.07. The monoisotopic (exact) mass is 263 g/mol. The Morgan fingerprint density at radius 3 is 1.78 bits per heavy atom. The van der Waals surface area contributed by atoms with Crippen LogP contribution in [-0.2, 0) is 0 Å². The molecule has 0 unspecified atom stereocenters. The zero-order chi connectivity index (χ0) is 14.0. The van der Waals surface area contributed by atoms with Gasteiger partial charge in [0.15, 0.2) is 5.21 Å². The van der Waals surface area contributed by atoms with Gasteiger partial charge in [-0.1, -0.05) is 0 Å². The zero-order valence-electron chi connectivity index (χ0n) is 7.97. The van der Waals surface area contributed by atoms with E-state index in [4.69, 9.17) is 0 Å². The first-order valence-electron chi connectivity index (χ1n) is 3.78. The van der Waals surface area contributed by atoms with Gasteiger partial charge in [0.05, 0.1) is 4.68 Å². The SMILES string of the molecule is O=[N+]([O-])c1nnn(C([N+](=O)[O-])[N+](=O)[O-])c1[N+](=O)[O-]. The Balaban J connectivity index is 3.50. The van der Waals surface area contributed by atoms with Crippen LogP contribution in [0.4, 0.5) is 11.6 Å². The van der Waals surface area contributed by atoms with Crippen molar-refractivity contribution in [3.63, 3.8) is 0 Å². The van der Waals surface area contributed by atoms with E-state index in [2.05, 4.69) is 10.3 Å². The smallest absolute Gasteiger partial charge is 0.358 e. The molecule has 96 valence electrons. The second kappa shape index (κ2) is 4.31. The molecule has 0 aliphatic carbocycles. The fraction of sp³-hybridized carbons (Fsp3) is 0.333. The van der Waals surface area contributed by atoms with E-state index in [1.165, 1.54) is 0 Å². The van der Waals surface area contributed by atoms with Gasteiger partial charge in [-0.2, -0.15) is 0 Å². The maximum atomic E-state index is 10.5. The van der Waals surface area contributed by atoms with Crippen LogP contribution in [0, 0.1) is 40.5 Å². The van der Waals surface area contributed by atoms with Crippen LogP contribution < -0.4 is 0 Å². The lowest BCUT2D eigenvalue weighted by Crippen LogP contribution is -2.28. The molecular weight excluding hydrogens is 262 g/mol. The van der Waals surface area contributed by atoms with E-state index in [-0.39, 0.29) is 4.68 Å². The van der Waals surface area contributed by atoms with Crippen molar-refractivity contribution in [1.82, 2.24) is 15.0 Å². The standard InChI is InChI=1S/C3HN7O8/c11-7(12)1-2(8(13)14)6(5-4-1)3(9(15)16)10(17)18/h3H. The van der Waals surface area contributed by atoms with Gasteiger partial charge in [-0.3, -0.25) is 20.2 Å². The molecule has 1 aromatic heterocycles. The van der Waals surface area contributed by atoms with Crippen LogP contribution in [0.15, 0.2) is 0 Å². The maximum Gasteiger partial charge on any atom is 0.619 e. The number of rotatable bonds is 5. The summed E-state index contributed by atoms with van der Waals surface area (Å²) in [6.45, 7) is 0. The van der Waals surface area contributed by atoms with Crippen LogP contribution in [0.5, 0.6) is 0 Å². The van der Waals surface area contributed by atoms with Crippen LogP contribution in [0.25, 0.3) is 0 Å². The number of hydrogen-bond donors (Lipinski definition) is 0. The van der Waals surface area contributed by atoms with Crippen LogP contribution in [0.2, 0.25) is 0 Å². The van der Waals surface area contributed by atoms with Gasteiger partial charge in [0.25, 0.3) is 0 Å². The van der Waals surface area contributed by atoms with Gasteiger partial charge in [0, 0.05) is 0 Å². The van der Waals surface area contributed by atoms with E-state index in [1.54, 1.807) is 0 Å². The predicted octanol–water partition coefficient (Wildman–Crippen LogP) is -0.896. The summed E-state index contributed by atoms with van der Waals surface area (Å²) in [5.74, 6) is -2.97. The lowest BCUT2D eigenvalue weighted by atomic mass is 10.6. The van der Waals surface area contributed by atoms with Crippen LogP contribution in [0.3, 0.4) is 0 Å². The van der Waals surface area contributed by atoms with Crippen molar-refractivity contribution in [3.8, 4) is 0 Å². The van der Waals surface area contributed by atoms with Crippen LogP contribution >= 0.6 is 0 Å². The minimum atomic E-state index is -2.87. The summed E-state index contributed by atoms with van der Waals surface area (Å²) in [7, 11) is 0. The summed E-state index contributed by atoms with van der Waals surface area (Å²) < 4.78 is -0.349. The maximum absolute atomic E-state index is 10.5. The third kappa shape index (κ3) is 1.99. The Bertz CT molecular complexity index is 533. The van der Waals surface area contributed by atoms with Crippen molar-refractivity contribution < 1.29 is 19.7 Å². The van der Waals surface area contributed by atoms with Crippen molar-refractivity contribution in [2.45, 2.75) is 6.29 Å². The minimum Gasteiger partial charge on any atom is -0.358 e. The highest BCUT2D eigenvalue weighted by Gasteiger charge is 2.51. The molecule has 0 spiro atoms. The molecule has 0 N–H and O–H groups in total. The number of aromatic nitrogens is 3. The minimum absolute atomic E-state index is 0.349. The molecule has 1 aromatic rings. The largest absolute Gasteiger partial charge is 0.619 e. The second-order valence-electron chi connectivity index (χ2n) is 2.61. The average molecular weight is 263 g/mol. The first-order chi connectivity index (χ1) is 8.27. The Morgan fingerprint density at radius 2 is 1.44 bits per heavy atom. The van der Waals surface area contributed by atoms with E-state index < -0.39 is 37.6 Å². The molecule has 15 nitrogen and oxygen atoms in total. The molecule has 18 heavy (non-hydrogen) atoms. The van der Waals surface area contributed by atoms with E-state index in [1.807, 2.05) is 0 Å². The topological polar surface area (TPSA) is 203 Å². The normalized spacial score (nSPS) is 10.3. The highest BCUT2D eigenvalue weighted by molar-refractivity contribution is 5.38. The third-order valence-corrected chi connectivity index (χ3v) is 1.59. The third-order valence-electron chi connectivity index (χ3n) is 1.59. The molecule has 0 amide bonds. The lowest BCUT2D eigenvalue weighted by Gasteiger charge is -1.97. The summed E-state index contributed by atoms with van der Waals surface area (Å²) >= 11 is 0. The molecule has 0 saturated heterocycles. The van der Waals surface area contributed by atoms with Gasteiger partial charge < -0.3 is 20.2 Å². The first kappa shape index (κ1) is 12.8. The average Bonchev–Trinajstić information content (AvgIpc) is 2.60. The van der Waals surface area contributed by atoms with Crippen molar-refractivity contribution >= 4 is 11.6 Å². The second-order valence-corrected chi connectivity index (χ2v) is 2.61. The number of hydrogen-bond acceptors (Lipinski definition) is 10. The Morgan fingerprint density at radius 1 is 0.944 bits per heavy atom. The van der Waals surface area contributed by atoms with Crippen LogP contribution in [-0.4, -0.2) is 34.7 Å². The van der Waals surface area contributed by atoms with E-state index in [0.29, 0.717) is 0 Å². The summed E-state index contributed by atoms with van der Waals surface area (Å²) in [6, 6.07) is 0. The molecule has 0 atom stereocenters. The van der Waals surface area contributed by atoms with E-state index in [9.17, 15) is 40.5 Å². The lowest BCUT2D eigenvalue weighted by molar-refractivity contribution is -0.776. The summed E-state index contributed by atoms with van der Waals surface area (Å²) in [5, 5.41) is 47.0.